The van der Waals surface area contributed by atoms with Crippen LogP contribution >= 0.6 is 0 Å². The molecule has 6 nitrogen and oxygen atoms in total. The maximum atomic E-state index is 12.6. The van der Waals surface area contributed by atoms with E-state index in [1.165, 1.54) is 14.0 Å². The fourth-order valence-corrected chi connectivity index (χ4v) is 4.20. The lowest BCUT2D eigenvalue weighted by atomic mass is 10.1. The first-order chi connectivity index (χ1) is 9.53. The molecule has 0 radical (unpaired) electrons. The number of primary amides is 1. The number of amides is 1. The molecule has 0 aliphatic heterocycles. The molecule has 0 heterocycles. The fourth-order valence-electron chi connectivity index (χ4n) is 2.38. The maximum Gasteiger partial charge on any atom is 0.242 e. The summed E-state index contributed by atoms with van der Waals surface area (Å²) < 4.78 is 32.5. The number of nitrogens with two attached hydrogens (primary N) is 1. The molecule has 0 aliphatic rings. The Balaban J connectivity index is 3.33. The van der Waals surface area contributed by atoms with Gasteiger partial charge >= 0.3 is 0 Å². The van der Waals surface area contributed by atoms with Gasteiger partial charge in [0.05, 0.1) is 11.5 Å². The van der Waals surface area contributed by atoms with Crippen LogP contribution in [0.2, 0.25) is 0 Å². The van der Waals surface area contributed by atoms with Crippen LogP contribution < -0.4 is 10.5 Å². The molecule has 118 valence electrons. The zero-order chi connectivity index (χ0) is 16.4. The molecule has 0 saturated carbocycles. The lowest BCUT2D eigenvalue weighted by Crippen LogP contribution is -2.58. The van der Waals surface area contributed by atoms with Gasteiger partial charge in [-0.3, -0.25) is 4.79 Å². The van der Waals surface area contributed by atoms with Crippen LogP contribution in [0.4, 0.5) is 0 Å². The topological polar surface area (TPSA) is 98.5 Å². The fraction of sp³-hybridized carbons (Fsp3) is 0.500. The third-order valence-electron chi connectivity index (χ3n) is 3.21. The Kier molecular flexibility index (Phi) is 5.14. The number of hydrogen-bond acceptors (Lipinski definition) is 4. The van der Waals surface area contributed by atoms with E-state index in [0.29, 0.717) is 11.1 Å². The lowest BCUT2D eigenvalue weighted by molar-refractivity contribution is -0.124. The summed E-state index contributed by atoms with van der Waals surface area (Å²) >= 11 is 0. The second kappa shape index (κ2) is 6.13. The number of carbonyl (C=O) groups excluding carboxylic acids is 1. The summed E-state index contributed by atoms with van der Waals surface area (Å²) in [6.07, 6.45) is 0. The molecule has 0 aromatic heterocycles. The van der Waals surface area contributed by atoms with Crippen molar-refractivity contribution in [3.8, 4) is 0 Å². The third-order valence-corrected chi connectivity index (χ3v) is 5.11. The largest absolute Gasteiger partial charge is 0.382 e. The van der Waals surface area contributed by atoms with Crippen molar-refractivity contribution in [2.45, 2.75) is 38.1 Å². The van der Waals surface area contributed by atoms with E-state index >= 15 is 0 Å². The van der Waals surface area contributed by atoms with Gasteiger partial charge in [-0.05, 0) is 38.8 Å². The maximum absolute atomic E-state index is 12.6. The van der Waals surface area contributed by atoms with E-state index < -0.39 is 21.5 Å². The highest BCUT2D eigenvalue weighted by Crippen LogP contribution is 2.23. The zero-order valence-electron chi connectivity index (χ0n) is 13.0. The molecular formula is C14H22N2O4S. The molecular weight excluding hydrogens is 292 g/mol. The SMILES string of the molecule is COCC(C)(NS(=O)(=O)c1c(C)cc(C)cc1C)C(N)=O. The van der Waals surface area contributed by atoms with E-state index in [2.05, 4.69) is 4.72 Å². The minimum absolute atomic E-state index is 0.147. The number of aryl methyl sites for hydroxylation is 3. The molecule has 1 aromatic rings. The predicted octanol–water partition coefficient (Wildman–Crippen LogP) is 0.781. The van der Waals surface area contributed by atoms with Crippen LogP contribution in [0.1, 0.15) is 23.6 Å². The number of ether oxygens (including phenoxy) is 1. The Bertz CT molecular complexity index is 632. The van der Waals surface area contributed by atoms with E-state index in [-0.39, 0.29) is 11.5 Å². The smallest absolute Gasteiger partial charge is 0.242 e. The number of benzene rings is 1. The summed E-state index contributed by atoms with van der Waals surface area (Å²) in [6.45, 7) is 6.57. The first kappa shape index (κ1) is 17.6. The Morgan fingerprint density at radius 1 is 1.29 bits per heavy atom. The van der Waals surface area contributed by atoms with Gasteiger partial charge in [-0.1, -0.05) is 17.7 Å². The average molecular weight is 314 g/mol. The van der Waals surface area contributed by atoms with Crippen LogP contribution in [0.5, 0.6) is 0 Å². The Labute approximate surface area is 125 Å². The van der Waals surface area contributed by atoms with Crippen LogP contribution in [-0.4, -0.2) is 33.6 Å². The highest BCUT2D eigenvalue weighted by atomic mass is 32.2. The molecule has 7 heteroatoms. The predicted molar refractivity (Wildman–Crippen MR) is 80.4 cm³/mol. The van der Waals surface area contributed by atoms with Crippen molar-refractivity contribution in [3.05, 3.63) is 28.8 Å². The van der Waals surface area contributed by atoms with Gasteiger partial charge in [-0.15, -0.1) is 0 Å². The van der Waals surface area contributed by atoms with Gasteiger partial charge in [-0.2, -0.15) is 4.72 Å². The highest BCUT2D eigenvalue weighted by Gasteiger charge is 2.37. The average Bonchev–Trinajstić information content (AvgIpc) is 2.25. The number of nitrogens with one attached hydrogen (secondary N) is 1. The van der Waals surface area contributed by atoms with Crippen molar-refractivity contribution >= 4 is 15.9 Å². The van der Waals surface area contributed by atoms with Crippen LogP contribution in [0, 0.1) is 20.8 Å². The second-order valence-electron chi connectivity index (χ2n) is 5.46. The number of hydrogen-bond donors (Lipinski definition) is 2. The number of carbonyl (C=O) groups is 1. The minimum atomic E-state index is -3.89. The molecule has 0 spiro atoms. The van der Waals surface area contributed by atoms with Gasteiger partial charge in [0.1, 0.15) is 5.54 Å². The second-order valence-corrected chi connectivity index (χ2v) is 7.08. The van der Waals surface area contributed by atoms with E-state index in [0.717, 1.165) is 5.56 Å². The van der Waals surface area contributed by atoms with Crippen molar-refractivity contribution in [1.29, 1.82) is 0 Å². The van der Waals surface area contributed by atoms with E-state index in [4.69, 9.17) is 10.5 Å². The molecule has 0 fully saturated rings. The minimum Gasteiger partial charge on any atom is -0.382 e. The van der Waals surface area contributed by atoms with Gasteiger partial charge in [0.15, 0.2) is 0 Å². The van der Waals surface area contributed by atoms with Gasteiger partial charge in [-0.25, -0.2) is 8.42 Å². The third kappa shape index (κ3) is 3.81. The van der Waals surface area contributed by atoms with Gasteiger partial charge < -0.3 is 10.5 Å². The quantitative estimate of drug-likeness (QED) is 0.810. The van der Waals surface area contributed by atoms with Crippen molar-refractivity contribution in [2.24, 2.45) is 5.73 Å². The highest BCUT2D eigenvalue weighted by molar-refractivity contribution is 7.89. The molecule has 0 bridgehead atoms. The summed E-state index contributed by atoms with van der Waals surface area (Å²) in [7, 11) is -2.52. The van der Waals surface area contributed by atoms with E-state index in [1.54, 1.807) is 26.0 Å². The summed E-state index contributed by atoms with van der Waals surface area (Å²) in [6, 6.07) is 3.55. The molecule has 3 N–H and O–H groups in total. The van der Waals surface area contributed by atoms with Crippen LogP contribution in [0.3, 0.4) is 0 Å². The summed E-state index contributed by atoms with van der Waals surface area (Å²) in [5.41, 5.74) is 5.99. The Hall–Kier alpha value is -1.44. The van der Waals surface area contributed by atoms with E-state index in [1.807, 2.05) is 6.92 Å². The van der Waals surface area contributed by atoms with Crippen LogP contribution in [-0.2, 0) is 19.6 Å². The molecule has 1 aromatic carbocycles. The van der Waals surface area contributed by atoms with Crippen molar-refractivity contribution in [3.63, 3.8) is 0 Å². The molecule has 0 saturated heterocycles. The molecule has 1 amide bonds. The first-order valence-electron chi connectivity index (χ1n) is 6.44. The van der Waals surface area contributed by atoms with Crippen LogP contribution in [0.25, 0.3) is 0 Å². The standard InChI is InChI=1S/C14H22N2O4S/c1-9-6-10(2)12(11(3)7-9)21(18,19)16-14(4,8-20-5)13(15)17/h6-7,16H,8H2,1-5H3,(H2,15,17). The molecule has 1 rings (SSSR count). The lowest BCUT2D eigenvalue weighted by Gasteiger charge is -2.27. The van der Waals surface area contributed by atoms with Gasteiger partial charge in [0, 0.05) is 7.11 Å². The van der Waals surface area contributed by atoms with Crippen LogP contribution in [0.15, 0.2) is 17.0 Å². The van der Waals surface area contributed by atoms with E-state index in [9.17, 15) is 13.2 Å². The zero-order valence-corrected chi connectivity index (χ0v) is 13.8. The molecule has 0 aliphatic carbocycles. The Morgan fingerprint density at radius 3 is 2.14 bits per heavy atom. The summed E-state index contributed by atoms with van der Waals surface area (Å²) in [4.78, 5) is 11.7. The number of rotatable bonds is 6. The van der Waals surface area contributed by atoms with Gasteiger partial charge in [0.2, 0.25) is 15.9 Å². The first-order valence-corrected chi connectivity index (χ1v) is 7.92. The van der Waals surface area contributed by atoms with Gasteiger partial charge in [0.25, 0.3) is 0 Å². The molecule has 1 atom stereocenters. The number of methoxy groups -OCH3 is 1. The Morgan fingerprint density at radius 2 is 1.76 bits per heavy atom. The number of sulfonamides is 1. The van der Waals surface area contributed by atoms with Crippen molar-refractivity contribution in [1.82, 2.24) is 4.72 Å². The molecule has 1 unspecified atom stereocenters. The van der Waals surface area contributed by atoms with Crippen molar-refractivity contribution in [2.75, 3.05) is 13.7 Å². The normalized spacial score (nSPS) is 14.7. The summed E-state index contributed by atoms with van der Waals surface area (Å²) in [5, 5.41) is 0. The van der Waals surface area contributed by atoms with Crippen molar-refractivity contribution < 1.29 is 17.9 Å². The monoisotopic (exact) mass is 314 g/mol. The molecule has 21 heavy (non-hydrogen) atoms. The summed E-state index contributed by atoms with van der Waals surface area (Å²) in [5.74, 6) is -0.796.